The van der Waals surface area contributed by atoms with Gasteiger partial charge in [-0.3, -0.25) is 4.79 Å². The van der Waals surface area contributed by atoms with Crippen LogP contribution in [0.2, 0.25) is 0 Å². The van der Waals surface area contributed by atoms with Gasteiger partial charge in [0.2, 0.25) is 0 Å². The van der Waals surface area contributed by atoms with Crippen molar-refractivity contribution in [1.29, 1.82) is 5.26 Å². The van der Waals surface area contributed by atoms with Crippen molar-refractivity contribution < 1.29 is 13.6 Å². The van der Waals surface area contributed by atoms with Gasteiger partial charge in [0.25, 0.3) is 11.7 Å². The molecule has 0 amide bonds. The molecule has 15 heavy (non-hydrogen) atoms. The van der Waals surface area contributed by atoms with Crippen LogP contribution in [0, 0.1) is 11.3 Å². The van der Waals surface area contributed by atoms with Crippen LogP contribution < -0.4 is 5.73 Å². The van der Waals surface area contributed by atoms with Crippen molar-refractivity contribution in [2.24, 2.45) is 0 Å². The van der Waals surface area contributed by atoms with Gasteiger partial charge in [0.1, 0.15) is 11.5 Å². The fraction of sp³-hybridized carbons (Fsp3) is 0.125. The van der Waals surface area contributed by atoms with Crippen LogP contribution >= 0.6 is 11.6 Å². The summed E-state index contributed by atoms with van der Waals surface area (Å²) in [7, 11) is 0. The number of hydrogen-bond donors (Lipinski definition) is 1. The van der Waals surface area contributed by atoms with Crippen molar-refractivity contribution in [3.63, 3.8) is 0 Å². The molecule has 1 aromatic heterocycles. The van der Waals surface area contributed by atoms with Crippen molar-refractivity contribution in [3.8, 4) is 6.07 Å². The van der Waals surface area contributed by atoms with Crippen molar-refractivity contribution in [2.45, 2.75) is 6.43 Å². The van der Waals surface area contributed by atoms with Crippen LogP contribution in [0.25, 0.3) is 0 Å². The van der Waals surface area contributed by atoms with Gasteiger partial charge in [-0.05, 0) is 17.7 Å². The van der Waals surface area contributed by atoms with E-state index >= 15 is 0 Å². The minimum absolute atomic E-state index is 0.324. The van der Waals surface area contributed by atoms with E-state index in [1.54, 1.807) is 0 Å². The standard InChI is InChI=1S/C8H4ClF2N3O/c9-6(15)4-1-3(2-12)5(7(10)11)8(13)14-4/h1,7H,(H2,13,14). The zero-order chi connectivity index (χ0) is 11.6. The molecule has 0 bridgehead atoms. The molecule has 0 aromatic carbocycles. The predicted octanol–water partition coefficient (Wildman–Crippen LogP) is 1.85. The van der Waals surface area contributed by atoms with Gasteiger partial charge in [-0.15, -0.1) is 0 Å². The molecular formula is C8H4ClF2N3O. The highest BCUT2D eigenvalue weighted by atomic mass is 35.5. The number of nitrogens with two attached hydrogens (primary N) is 1. The quantitative estimate of drug-likeness (QED) is 0.788. The number of nitrogens with zero attached hydrogens (tertiary/aromatic N) is 2. The first-order chi connectivity index (χ1) is 6.97. The molecule has 1 rings (SSSR count). The first-order valence-corrected chi connectivity index (χ1v) is 4.03. The zero-order valence-corrected chi connectivity index (χ0v) is 7.92. The molecule has 0 saturated heterocycles. The summed E-state index contributed by atoms with van der Waals surface area (Å²) in [5, 5.41) is 7.62. The Morgan fingerprint density at radius 1 is 1.67 bits per heavy atom. The molecule has 0 unspecified atom stereocenters. The highest BCUT2D eigenvalue weighted by molar-refractivity contribution is 6.67. The summed E-state index contributed by atoms with van der Waals surface area (Å²) in [5.41, 5.74) is 3.78. The normalized spacial score (nSPS) is 10.1. The van der Waals surface area contributed by atoms with E-state index in [0.29, 0.717) is 0 Å². The first-order valence-electron chi connectivity index (χ1n) is 3.66. The summed E-state index contributed by atoms with van der Waals surface area (Å²) in [6.45, 7) is 0. The largest absolute Gasteiger partial charge is 0.383 e. The van der Waals surface area contributed by atoms with E-state index in [4.69, 9.17) is 22.6 Å². The molecule has 0 radical (unpaired) electrons. The van der Waals surface area contributed by atoms with Crippen LogP contribution in [0.1, 0.15) is 28.0 Å². The number of hydrogen-bond acceptors (Lipinski definition) is 4. The maximum Gasteiger partial charge on any atom is 0.270 e. The van der Waals surface area contributed by atoms with Gasteiger partial charge in [-0.2, -0.15) is 5.26 Å². The number of aromatic nitrogens is 1. The molecule has 0 aliphatic carbocycles. The Morgan fingerprint density at radius 3 is 2.67 bits per heavy atom. The van der Waals surface area contributed by atoms with Crippen LogP contribution in [0.15, 0.2) is 6.07 Å². The van der Waals surface area contributed by atoms with Gasteiger partial charge in [0.15, 0.2) is 0 Å². The van der Waals surface area contributed by atoms with Crippen LogP contribution in [0.3, 0.4) is 0 Å². The predicted molar refractivity (Wildman–Crippen MR) is 48.5 cm³/mol. The number of carbonyl (C=O) groups excluding carboxylic acids is 1. The molecule has 0 saturated carbocycles. The van der Waals surface area contributed by atoms with Gasteiger partial charge in [0.05, 0.1) is 17.2 Å². The number of halogens is 3. The number of carbonyl (C=O) groups is 1. The molecule has 1 heterocycles. The Balaban J connectivity index is 3.46. The van der Waals surface area contributed by atoms with Crippen molar-refractivity contribution in [2.75, 3.05) is 5.73 Å². The highest BCUT2D eigenvalue weighted by Gasteiger charge is 2.20. The second kappa shape index (κ2) is 4.19. The summed E-state index contributed by atoms with van der Waals surface area (Å²) in [4.78, 5) is 14.1. The first kappa shape index (κ1) is 11.3. The van der Waals surface area contributed by atoms with E-state index in [0.717, 1.165) is 6.07 Å². The summed E-state index contributed by atoms with van der Waals surface area (Å²) in [5.74, 6) is -0.562. The molecular weight excluding hydrogens is 228 g/mol. The number of pyridine rings is 1. The molecule has 78 valence electrons. The maximum absolute atomic E-state index is 12.4. The summed E-state index contributed by atoms with van der Waals surface area (Å²) in [6.07, 6.45) is -2.92. The minimum atomic E-state index is -2.92. The highest BCUT2D eigenvalue weighted by Crippen LogP contribution is 2.27. The SMILES string of the molecule is N#Cc1cc(C(=O)Cl)nc(N)c1C(F)F. The molecule has 0 atom stereocenters. The van der Waals surface area contributed by atoms with Gasteiger partial charge >= 0.3 is 0 Å². The maximum atomic E-state index is 12.4. The average molecular weight is 232 g/mol. The lowest BCUT2D eigenvalue weighted by atomic mass is 10.1. The van der Waals surface area contributed by atoms with E-state index < -0.39 is 28.6 Å². The van der Waals surface area contributed by atoms with Crippen molar-refractivity contribution in [1.82, 2.24) is 4.98 Å². The molecule has 0 aliphatic heterocycles. The lowest BCUT2D eigenvalue weighted by Crippen LogP contribution is -2.06. The smallest absolute Gasteiger partial charge is 0.270 e. The number of anilines is 1. The number of rotatable bonds is 2. The Bertz CT molecular complexity index is 456. The third-order valence-electron chi connectivity index (χ3n) is 1.63. The monoisotopic (exact) mass is 231 g/mol. The van der Waals surface area contributed by atoms with Crippen LogP contribution in [-0.2, 0) is 0 Å². The lowest BCUT2D eigenvalue weighted by molar-refractivity contribution is 0.107. The molecule has 0 fully saturated rings. The Hall–Kier alpha value is -1.74. The van der Waals surface area contributed by atoms with Crippen LogP contribution in [0.4, 0.5) is 14.6 Å². The molecule has 2 N–H and O–H groups in total. The van der Waals surface area contributed by atoms with Gasteiger partial charge in [-0.1, -0.05) is 0 Å². The second-order valence-electron chi connectivity index (χ2n) is 2.54. The second-order valence-corrected chi connectivity index (χ2v) is 2.88. The van der Waals surface area contributed by atoms with E-state index in [9.17, 15) is 13.6 Å². The van der Waals surface area contributed by atoms with Crippen molar-refractivity contribution >= 4 is 22.7 Å². The summed E-state index contributed by atoms with van der Waals surface area (Å²) >= 11 is 5.08. The van der Waals surface area contributed by atoms with E-state index in [1.165, 1.54) is 6.07 Å². The molecule has 0 spiro atoms. The van der Waals surface area contributed by atoms with Crippen molar-refractivity contribution in [3.05, 3.63) is 22.9 Å². The third kappa shape index (κ3) is 2.19. The minimum Gasteiger partial charge on any atom is -0.383 e. The van der Waals surface area contributed by atoms with Gasteiger partial charge in [0, 0.05) is 0 Å². The average Bonchev–Trinajstić information content (AvgIpc) is 2.15. The van der Waals surface area contributed by atoms with Gasteiger partial charge < -0.3 is 5.73 Å². The molecule has 4 nitrogen and oxygen atoms in total. The molecule has 7 heteroatoms. The van der Waals surface area contributed by atoms with Gasteiger partial charge in [-0.25, -0.2) is 13.8 Å². The Labute approximate surface area is 88.3 Å². The van der Waals surface area contributed by atoms with Crippen LogP contribution in [-0.4, -0.2) is 10.2 Å². The Morgan fingerprint density at radius 2 is 2.27 bits per heavy atom. The summed E-state index contributed by atoms with van der Waals surface area (Å²) in [6, 6.07) is 2.38. The number of nitrogen functional groups attached to an aromatic ring is 1. The Kier molecular flexibility index (Phi) is 3.17. The van der Waals surface area contributed by atoms with Crippen LogP contribution in [0.5, 0.6) is 0 Å². The number of alkyl halides is 2. The topological polar surface area (TPSA) is 79.8 Å². The fourth-order valence-corrected chi connectivity index (χ4v) is 1.09. The fourth-order valence-electron chi connectivity index (χ4n) is 0.997. The van der Waals surface area contributed by atoms with E-state index in [1.807, 2.05) is 0 Å². The van der Waals surface area contributed by atoms with E-state index in [2.05, 4.69) is 4.98 Å². The summed E-state index contributed by atoms with van der Waals surface area (Å²) < 4.78 is 24.8. The molecule has 1 aromatic rings. The molecule has 0 aliphatic rings. The lowest BCUT2D eigenvalue weighted by Gasteiger charge is -2.06. The zero-order valence-electron chi connectivity index (χ0n) is 7.17. The van der Waals surface area contributed by atoms with E-state index in [-0.39, 0.29) is 5.69 Å². The third-order valence-corrected chi connectivity index (χ3v) is 1.82. The number of nitriles is 1.